The monoisotopic (exact) mass is 265 g/mol. The third-order valence-corrected chi connectivity index (χ3v) is 3.30. The predicted molar refractivity (Wildman–Crippen MR) is 70.3 cm³/mol. The highest BCUT2D eigenvalue weighted by Gasteiger charge is 2.19. The van der Waals surface area contributed by atoms with Gasteiger partial charge in [0.15, 0.2) is 0 Å². The van der Waals surface area contributed by atoms with Crippen molar-refractivity contribution in [2.75, 3.05) is 19.5 Å². The molecule has 1 aliphatic rings. The smallest absolute Gasteiger partial charge is 0.236 e. The minimum atomic E-state index is -0.0535. The molecule has 1 fully saturated rings. The van der Waals surface area contributed by atoms with E-state index in [1.165, 1.54) is 27.1 Å². The Balaban J connectivity index is 1.98. The van der Waals surface area contributed by atoms with Crippen LogP contribution in [0, 0.1) is 5.92 Å². The Hall–Kier alpha value is -1.85. The van der Waals surface area contributed by atoms with Gasteiger partial charge < -0.3 is 9.47 Å². The lowest BCUT2D eigenvalue weighted by atomic mass is 10.0. The summed E-state index contributed by atoms with van der Waals surface area (Å²) < 4.78 is 10.1. The molecule has 0 radical (unpaired) electrons. The van der Waals surface area contributed by atoms with Gasteiger partial charge in [-0.1, -0.05) is 12.8 Å². The van der Waals surface area contributed by atoms with Crippen molar-refractivity contribution in [1.82, 2.24) is 9.97 Å². The van der Waals surface area contributed by atoms with Crippen LogP contribution in [-0.2, 0) is 4.79 Å². The molecular weight excluding hydrogens is 246 g/mol. The summed E-state index contributed by atoms with van der Waals surface area (Å²) in [5.74, 6) is 1.39. The summed E-state index contributed by atoms with van der Waals surface area (Å²) >= 11 is 0. The number of carbonyl (C=O) groups is 1. The van der Waals surface area contributed by atoms with Crippen molar-refractivity contribution >= 4 is 11.9 Å². The normalized spacial score (nSPS) is 15.3. The van der Waals surface area contributed by atoms with Crippen molar-refractivity contribution in [3.63, 3.8) is 0 Å². The number of amides is 1. The van der Waals surface area contributed by atoms with Gasteiger partial charge in [-0.15, -0.1) is 0 Å². The van der Waals surface area contributed by atoms with E-state index in [0.717, 1.165) is 12.8 Å². The second kappa shape index (κ2) is 6.36. The van der Waals surface area contributed by atoms with Gasteiger partial charge in [0.05, 0.1) is 20.3 Å². The van der Waals surface area contributed by atoms with Crippen LogP contribution in [0.2, 0.25) is 0 Å². The van der Waals surface area contributed by atoms with Crippen LogP contribution in [0.25, 0.3) is 0 Å². The predicted octanol–water partition coefficient (Wildman–Crippen LogP) is 2.01. The molecule has 0 atom stereocenters. The highest BCUT2D eigenvalue weighted by atomic mass is 16.5. The summed E-state index contributed by atoms with van der Waals surface area (Å²) in [4.78, 5) is 20.0. The first-order valence-corrected chi connectivity index (χ1v) is 6.48. The molecule has 1 amide bonds. The van der Waals surface area contributed by atoms with E-state index in [-0.39, 0.29) is 11.9 Å². The van der Waals surface area contributed by atoms with Crippen LogP contribution in [0.3, 0.4) is 0 Å². The summed E-state index contributed by atoms with van der Waals surface area (Å²) in [6.07, 6.45) is 5.25. The topological polar surface area (TPSA) is 73.3 Å². The van der Waals surface area contributed by atoms with Gasteiger partial charge >= 0.3 is 0 Å². The fraction of sp³-hybridized carbons (Fsp3) is 0.615. The van der Waals surface area contributed by atoms with Gasteiger partial charge in [-0.3, -0.25) is 10.1 Å². The molecule has 1 aliphatic carbocycles. The van der Waals surface area contributed by atoms with Gasteiger partial charge in [0.2, 0.25) is 23.6 Å². The Morgan fingerprint density at radius 3 is 2.37 bits per heavy atom. The van der Waals surface area contributed by atoms with E-state index in [2.05, 4.69) is 15.3 Å². The first-order chi connectivity index (χ1) is 9.21. The van der Waals surface area contributed by atoms with Crippen molar-refractivity contribution in [1.29, 1.82) is 0 Å². The first-order valence-electron chi connectivity index (χ1n) is 6.48. The van der Waals surface area contributed by atoms with E-state index in [0.29, 0.717) is 24.1 Å². The molecule has 0 saturated heterocycles. The molecule has 0 aromatic carbocycles. The number of carbonyl (C=O) groups excluding carboxylic acids is 1. The SMILES string of the molecule is COc1cc(OC)nc(NC(=O)CC2CCCC2)n1. The van der Waals surface area contributed by atoms with Crippen molar-refractivity contribution in [2.24, 2.45) is 5.92 Å². The second-order valence-electron chi connectivity index (χ2n) is 4.68. The Labute approximate surface area is 112 Å². The average molecular weight is 265 g/mol. The van der Waals surface area contributed by atoms with E-state index >= 15 is 0 Å². The molecule has 104 valence electrons. The molecule has 1 heterocycles. The fourth-order valence-corrected chi connectivity index (χ4v) is 2.32. The van der Waals surface area contributed by atoms with E-state index in [9.17, 15) is 4.79 Å². The van der Waals surface area contributed by atoms with Crippen LogP contribution >= 0.6 is 0 Å². The molecule has 6 heteroatoms. The Bertz CT molecular complexity index is 423. The quantitative estimate of drug-likeness (QED) is 0.881. The molecule has 0 unspecified atom stereocenters. The maximum Gasteiger partial charge on any atom is 0.236 e. The Morgan fingerprint density at radius 2 is 1.84 bits per heavy atom. The average Bonchev–Trinajstić information content (AvgIpc) is 2.90. The molecule has 19 heavy (non-hydrogen) atoms. The minimum absolute atomic E-state index is 0.0535. The van der Waals surface area contributed by atoms with Gasteiger partial charge in [-0.2, -0.15) is 9.97 Å². The maximum absolute atomic E-state index is 11.9. The van der Waals surface area contributed by atoms with Crippen LogP contribution in [0.5, 0.6) is 11.8 Å². The van der Waals surface area contributed by atoms with E-state index in [4.69, 9.17) is 9.47 Å². The largest absolute Gasteiger partial charge is 0.481 e. The maximum atomic E-state index is 11.9. The zero-order valence-corrected chi connectivity index (χ0v) is 11.3. The van der Waals surface area contributed by atoms with Crippen LogP contribution in [0.15, 0.2) is 6.07 Å². The van der Waals surface area contributed by atoms with Crippen LogP contribution < -0.4 is 14.8 Å². The van der Waals surface area contributed by atoms with Gasteiger partial charge in [0.1, 0.15) is 0 Å². The number of aromatic nitrogens is 2. The fourth-order valence-electron chi connectivity index (χ4n) is 2.32. The summed E-state index contributed by atoms with van der Waals surface area (Å²) in [6, 6.07) is 1.56. The molecule has 0 bridgehead atoms. The Kier molecular flexibility index (Phi) is 4.54. The summed E-state index contributed by atoms with van der Waals surface area (Å²) in [5.41, 5.74) is 0. The lowest BCUT2D eigenvalue weighted by molar-refractivity contribution is -0.117. The lowest BCUT2D eigenvalue weighted by Crippen LogP contribution is -2.17. The number of ether oxygens (including phenoxy) is 2. The molecule has 1 aromatic rings. The van der Waals surface area contributed by atoms with Crippen LogP contribution in [0.4, 0.5) is 5.95 Å². The zero-order valence-electron chi connectivity index (χ0n) is 11.3. The zero-order chi connectivity index (χ0) is 13.7. The number of nitrogens with zero attached hydrogens (tertiary/aromatic N) is 2. The molecule has 1 saturated carbocycles. The van der Waals surface area contributed by atoms with Gasteiger partial charge in [-0.05, 0) is 18.8 Å². The van der Waals surface area contributed by atoms with E-state index in [1.54, 1.807) is 6.07 Å². The Morgan fingerprint density at radius 1 is 1.26 bits per heavy atom. The first kappa shape index (κ1) is 13.6. The van der Waals surface area contributed by atoms with Crippen molar-refractivity contribution in [2.45, 2.75) is 32.1 Å². The third kappa shape index (κ3) is 3.81. The standard InChI is InChI=1S/C13H19N3O3/c1-18-11-8-12(19-2)16-13(15-11)14-10(17)7-9-5-3-4-6-9/h8-9H,3-7H2,1-2H3,(H,14,15,16,17). The van der Waals surface area contributed by atoms with Crippen molar-refractivity contribution in [3.05, 3.63) is 6.07 Å². The minimum Gasteiger partial charge on any atom is -0.481 e. The third-order valence-electron chi connectivity index (χ3n) is 3.30. The van der Waals surface area contributed by atoms with Gasteiger partial charge in [-0.25, -0.2) is 0 Å². The number of hydrogen-bond donors (Lipinski definition) is 1. The molecule has 0 aliphatic heterocycles. The number of rotatable bonds is 5. The summed E-state index contributed by atoms with van der Waals surface area (Å²) in [7, 11) is 3.01. The molecule has 2 rings (SSSR count). The molecule has 1 aromatic heterocycles. The number of anilines is 1. The van der Waals surface area contributed by atoms with Crippen molar-refractivity contribution < 1.29 is 14.3 Å². The molecule has 1 N–H and O–H groups in total. The number of hydrogen-bond acceptors (Lipinski definition) is 5. The number of nitrogens with one attached hydrogen (secondary N) is 1. The van der Waals surface area contributed by atoms with Crippen LogP contribution in [0.1, 0.15) is 32.1 Å². The highest BCUT2D eigenvalue weighted by molar-refractivity contribution is 5.89. The molecule has 6 nitrogen and oxygen atoms in total. The molecule has 0 spiro atoms. The van der Waals surface area contributed by atoms with Crippen molar-refractivity contribution in [3.8, 4) is 11.8 Å². The second-order valence-corrected chi connectivity index (χ2v) is 4.68. The van der Waals surface area contributed by atoms with Gasteiger partial charge in [0, 0.05) is 6.42 Å². The summed E-state index contributed by atoms with van der Waals surface area (Å²) in [5, 5.41) is 2.70. The molecular formula is C13H19N3O3. The van der Waals surface area contributed by atoms with E-state index < -0.39 is 0 Å². The number of methoxy groups -OCH3 is 2. The summed E-state index contributed by atoms with van der Waals surface area (Å²) in [6.45, 7) is 0. The van der Waals surface area contributed by atoms with Crippen LogP contribution in [-0.4, -0.2) is 30.1 Å². The van der Waals surface area contributed by atoms with Gasteiger partial charge in [0.25, 0.3) is 0 Å². The highest BCUT2D eigenvalue weighted by Crippen LogP contribution is 2.27. The lowest BCUT2D eigenvalue weighted by Gasteiger charge is -2.10. The van der Waals surface area contributed by atoms with E-state index in [1.807, 2.05) is 0 Å².